The minimum atomic E-state index is -0.909. The lowest BCUT2D eigenvalue weighted by Crippen LogP contribution is -2.44. The molecule has 0 aromatic carbocycles. The lowest BCUT2D eigenvalue weighted by Gasteiger charge is -2.24. The molecule has 1 amide bonds. The predicted molar refractivity (Wildman–Crippen MR) is 79.4 cm³/mol. The van der Waals surface area contributed by atoms with Crippen LogP contribution in [0.2, 0.25) is 0 Å². The van der Waals surface area contributed by atoms with Gasteiger partial charge in [-0.15, -0.1) is 11.3 Å². The van der Waals surface area contributed by atoms with Gasteiger partial charge < -0.3 is 10.4 Å². The third-order valence-electron chi connectivity index (χ3n) is 2.53. The largest absolute Gasteiger partial charge is 0.481 e. The number of hydrogen-bond donors (Lipinski definition) is 2. The number of carboxylic acids is 1. The number of carboxylic acid groups (broad SMARTS) is 1. The number of nitrogens with one attached hydrogen (secondary N) is 1. The molecule has 6 heteroatoms. The van der Waals surface area contributed by atoms with Crippen LogP contribution in [0.4, 0.5) is 0 Å². The summed E-state index contributed by atoms with van der Waals surface area (Å²) in [5, 5.41) is 11.5. The van der Waals surface area contributed by atoms with Gasteiger partial charge in [-0.1, -0.05) is 0 Å². The van der Waals surface area contributed by atoms with Crippen LogP contribution in [0.15, 0.2) is 15.9 Å². The van der Waals surface area contributed by atoms with Crippen LogP contribution in [-0.4, -0.2) is 22.5 Å². The number of carbonyl (C=O) groups is 2. The first-order chi connectivity index (χ1) is 8.78. The van der Waals surface area contributed by atoms with Crippen molar-refractivity contribution in [2.75, 3.05) is 0 Å². The van der Waals surface area contributed by atoms with Gasteiger partial charge >= 0.3 is 5.97 Å². The number of aliphatic carboxylic acids is 1. The molecule has 0 saturated heterocycles. The van der Waals surface area contributed by atoms with Crippen LogP contribution in [0.25, 0.3) is 0 Å². The Labute approximate surface area is 125 Å². The van der Waals surface area contributed by atoms with Gasteiger partial charge in [-0.2, -0.15) is 0 Å². The van der Waals surface area contributed by atoms with Crippen molar-refractivity contribution in [1.29, 1.82) is 0 Å². The van der Waals surface area contributed by atoms with Crippen LogP contribution in [-0.2, 0) is 16.0 Å². The molecule has 106 valence electrons. The highest BCUT2D eigenvalue weighted by atomic mass is 79.9. The molecule has 0 unspecified atom stereocenters. The minimum absolute atomic E-state index is 0.0728. The van der Waals surface area contributed by atoms with Gasteiger partial charge in [-0.05, 0) is 54.8 Å². The normalized spacial score (nSPS) is 11.3. The van der Waals surface area contributed by atoms with Crippen LogP contribution >= 0.6 is 27.3 Å². The van der Waals surface area contributed by atoms with Crippen molar-refractivity contribution < 1.29 is 14.7 Å². The molecule has 1 aromatic rings. The third-order valence-corrected chi connectivity index (χ3v) is 4.21. The maximum Gasteiger partial charge on any atom is 0.305 e. The van der Waals surface area contributed by atoms with Gasteiger partial charge in [0.1, 0.15) is 0 Å². The lowest BCUT2D eigenvalue weighted by atomic mass is 10.0. The number of hydrogen-bond acceptors (Lipinski definition) is 3. The van der Waals surface area contributed by atoms with E-state index in [0.29, 0.717) is 6.42 Å². The van der Waals surface area contributed by atoms with Crippen molar-refractivity contribution in [3.63, 3.8) is 0 Å². The first kappa shape index (κ1) is 16.2. The van der Waals surface area contributed by atoms with E-state index in [9.17, 15) is 9.59 Å². The van der Waals surface area contributed by atoms with Gasteiger partial charge in [0.25, 0.3) is 0 Å². The van der Waals surface area contributed by atoms with Gasteiger partial charge in [0, 0.05) is 16.8 Å². The quantitative estimate of drug-likeness (QED) is 0.795. The smallest absolute Gasteiger partial charge is 0.305 e. The van der Waals surface area contributed by atoms with Crippen molar-refractivity contribution in [3.05, 3.63) is 20.8 Å². The molecule has 0 aliphatic heterocycles. The second-order valence-electron chi connectivity index (χ2n) is 5.06. The molecule has 0 aliphatic rings. The summed E-state index contributed by atoms with van der Waals surface area (Å²) < 4.78 is 1.09. The minimum Gasteiger partial charge on any atom is -0.481 e. The number of halogens is 1. The van der Waals surface area contributed by atoms with Crippen molar-refractivity contribution in [2.45, 2.75) is 45.1 Å². The summed E-state index contributed by atoms with van der Waals surface area (Å²) in [6.07, 6.45) is 1.97. The van der Waals surface area contributed by atoms with E-state index in [1.54, 1.807) is 25.2 Å². The molecule has 0 bridgehead atoms. The molecule has 4 nitrogen and oxygen atoms in total. The molecule has 1 rings (SSSR count). The molecular weight excluding hydrogens is 330 g/mol. The van der Waals surface area contributed by atoms with Gasteiger partial charge in [0.2, 0.25) is 5.91 Å². The third kappa shape index (κ3) is 6.73. The number of aryl methyl sites for hydroxylation is 1. The molecule has 1 aromatic heterocycles. The number of amides is 1. The van der Waals surface area contributed by atoms with Crippen LogP contribution in [0.1, 0.15) is 38.0 Å². The first-order valence-corrected chi connectivity index (χ1v) is 7.66. The van der Waals surface area contributed by atoms with Gasteiger partial charge in [0.05, 0.1) is 10.2 Å². The summed E-state index contributed by atoms with van der Waals surface area (Å²) in [6, 6.07) is 4.04. The van der Waals surface area contributed by atoms with Crippen LogP contribution < -0.4 is 5.32 Å². The van der Waals surface area contributed by atoms with Crippen LogP contribution in [0.3, 0.4) is 0 Å². The second-order valence-corrected chi connectivity index (χ2v) is 7.61. The topological polar surface area (TPSA) is 66.4 Å². The van der Waals surface area contributed by atoms with E-state index in [1.165, 1.54) is 4.88 Å². The lowest BCUT2D eigenvalue weighted by molar-refractivity contribution is -0.138. The second kappa shape index (κ2) is 7.05. The summed E-state index contributed by atoms with van der Waals surface area (Å²) in [6.45, 7) is 3.44. The summed E-state index contributed by atoms with van der Waals surface area (Å²) >= 11 is 5.07. The fourth-order valence-electron chi connectivity index (χ4n) is 1.77. The van der Waals surface area contributed by atoms with Gasteiger partial charge in [-0.3, -0.25) is 9.59 Å². The molecule has 0 saturated carbocycles. The Kier molecular flexibility index (Phi) is 6.00. The van der Waals surface area contributed by atoms with E-state index >= 15 is 0 Å². The number of thiophene rings is 1. The zero-order chi connectivity index (χ0) is 14.5. The van der Waals surface area contributed by atoms with Crippen LogP contribution in [0.5, 0.6) is 0 Å². The highest BCUT2D eigenvalue weighted by Gasteiger charge is 2.23. The van der Waals surface area contributed by atoms with Crippen LogP contribution in [0, 0.1) is 0 Å². The molecular formula is C13H18BrNO3S. The zero-order valence-corrected chi connectivity index (χ0v) is 13.4. The van der Waals surface area contributed by atoms with E-state index in [2.05, 4.69) is 21.2 Å². The average Bonchev–Trinajstić information content (AvgIpc) is 2.61. The van der Waals surface area contributed by atoms with E-state index < -0.39 is 11.5 Å². The first-order valence-electron chi connectivity index (χ1n) is 6.05. The zero-order valence-electron chi connectivity index (χ0n) is 11.0. The molecule has 0 aliphatic carbocycles. The Balaban J connectivity index is 2.29. The molecule has 0 atom stereocenters. The van der Waals surface area contributed by atoms with Gasteiger partial charge in [-0.25, -0.2) is 0 Å². The molecule has 0 fully saturated rings. The summed E-state index contributed by atoms with van der Waals surface area (Å²) in [5.41, 5.74) is -0.700. The molecule has 0 spiro atoms. The van der Waals surface area contributed by atoms with Crippen molar-refractivity contribution in [3.8, 4) is 0 Å². The van der Waals surface area contributed by atoms with Crippen molar-refractivity contribution in [2.24, 2.45) is 0 Å². The Bertz CT molecular complexity index is 456. The standard InChI is InChI=1S/C13H18BrNO3S/c1-13(2,8-12(17)18)15-11(16)5-3-4-9-6-7-10(14)19-9/h6-7H,3-5,8H2,1-2H3,(H,15,16)(H,17,18). The highest BCUT2D eigenvalue weighted by Crippen LogP contribution is 2.23. The highest BCUT2D eigenvalue weighted by molar-refractivity contribution is 9.11. The maximum absolute atomic E-state index is 11.7. The average molecular weight is 348 g/mol. The van der Waals surface area contributed by atoms with E-state index in [4.69, 9.17) is 5.11 Å². The summed E-state index contributed by atoms with van der Waals surface area (Å²) in [4.78, 5) is 23.6. The van der Waals surface area contributed by atoms with E-state index in [0.717, 1.165) is 16.6 Å². The Hall–Kier alpha value is -0.880. The van der Waals surface area contributed by atoms with E-state index in [1.807, 2.05) is 12.1 Å². The fourth-order valence-corrected chi connectivity index (χ4v) is 3.30. The van der Waals surface area contributed by atoms with E-state index in [-0.39, 0.29) is 12.3 Å². The Morgan fingerprint density at radius 3 is 2.63 bits per heavy atom. The molecule has 19 heavy (non-hydrogen) atoms. The Morgan fingerprint density at radius 1 is 1.42 bits per heavy atom. The molecule has 1 heterocycles. The monoisotopic (exact) mass is 347 g/mol. The van der Waals surface area contributed by atoms with Gasteiger partial charge in [0.15, 0.2) is 0 Å². The summed E-state index contributed by atoms with van der Waals surface area (Å²) in [5.74, 6) is -1.00. The predicted octanol–water partition coefficient (Wildman–Crippen LogP) is 3.20. The SMILES string of the molecule is CC(C)(CC(=O)O)NC(=O)CCCc1ccc(Br)s1. The summed E-state index contributed by atoms with van der Waals surface area (Å²) in [7, 11) is 0. The molecule has 2 N–H and O–H groups in total. The number of carbonyl (C=O) groups excluding carboxylic acids is 1. The van der Waals surface area contributed by atoms with Crippen molar-refractivity contribution in [1.82, 2.24) is 5.32 Å². The Morgan fingerprint density at radius 2 is 2.11 bits per heavy atom. The number of rotatable bonds is 7. The maximum atomic E-state index is 11.7. The fraction of sp³-hybridized carbons (Fsp3) is 0.538. The molecule has 0 radical (unpaired) electrons. The van der Waals surface area contributed by atoms with Crippen molar-refractivity contribution >= 4 is 39.1 Å².